The van der Waals surface area contributed by atoms with E-state index >= 15 is 0 Å². The number of carbonyl (C=O) groups excluding carboxylic acids is 1. The maximum absolute atomic E-state index is 12.7. The number of pyridine rings is 1. The number of hydrogen-bond acceptors (Lipinski definition) is 3. The van der Waals surface area contributed by atoms with Gasteiger partial charge in [0.25, 0.3) is 0 Å². The van der Waals surface area contributed by atoms with Gasteiger partial charge in [0.15, 0.2) is 5.69 Å². The van der Waals surface area contributed by atoms with Crippen molar-refractivity contribution in [1.82, 2.24) is 4.98 Å². The summed E-state index contributed by atoms with van der Waals surface area (Å²) in [6, 6.07) is 6.90. The Bertz CT molecular complexity index is 638. The number of hydrogen-bond donors (Lipinski definition) is 1. The van der Waals surface area contributed by atoms with E-state index in [1.165, 1.54) is 48.7 Å². The molecule has 2 aromatic rings. The fourth-order valence-corrected chi connectivity index (χ4v) is 1.60. The van der Waals surface area contributed by atoms with Gasteiger partial charge in [-0.2, -0.15) is 0 Å². The van der Waals surface area contributed by atoms with Crippen molar-refractivity contribution >= 4 is 23.5 Å². The molecular formula is C14H9ClFNO2. The molecule has 96 valence electrons. The molecule has 0 fully saturated rings. The summed E-state index contributed by atoms with van der Waals surface area (Å²) in [6.07, 6.45) is 4.04. The standard InChI is InChI=1S/C14H9ClFNO2/c15-10-7-13(19)14(17-8-10)12(18)6-3-9-1-4-11(16)5-2-9/h1-8,19H. The van der Waals surface area contributed by atoms with Crippen LogP contribution in [-0.2, 0) is 0 Å². The molecule has 0 bridgehead atoms. The molecular weight excluding hydrogens is 269 g/mol. The molecule has 0 saturated carbocycles. The van der Waals surface area contributed by atoms with E-state index in [0.29, 0.717) is 5.56 Å². The second-order valence-electron chi connectivity index (χ2n) is 3.77. The zero-order valence-corrected chi connectivity index (χ0v) is 10.4. The number of nitrogens with zero attached hydrogens (tertiary/aromatic N) is 1. The van der Waals surface area contributed by atoms with Gasteiger partial charge in [0.2, 0.25) is 5.78 Å². The maximum Gasteiger partial charge on any atom is 0.207 e. The van der Waals surface area contributed by atoms with Gasteiger partial charge < -0.3 is 5.11 Å². The third-order valence-electron chi connectivity index (χ3n) is 2.36. The zero-order chi connectivity index (χ0) is 13.8. The minimum Gasteiger partial charge on any atom is -0.505 e. The topological polar surface area (TPSA) is 50.2 Å². The van der Waals surface area contributed by atoms with Crippen molar-refractivity contribution in [3.8, 4) is 5.75 Å². The summed E-state index contributed by atoms with van der Waals surface area (Å²) in [5.41, 5.74) is 0.589. The van der Waals surface area contributed by atoms with E-state index in [4.69, 9.17) is 11.6 Å². The first kappa shape index (κ1) is 13.2. The second kappa shape index (κ2) is 5.63. The van der Waals surface area contributed by atoms with E-state index in [1.807, 2.05) is 0 Å². The molecule has 0 saturated heterocycles. The van der Waals surface area contributed by atoms with Crippen LogP contribution in [0.5, 0.6) is 5.75 Å². The van der Waals surface area contributed by atoms with Crippen LogP contribution >= 0.6 is 11.6 Å². The van der Waals surface area contributed by atoms with Gasteiger partial charge >= 0.3 is 0 Å². The monoisotopic (exact) mass is 277 g/mol. The molecule has 0 radical (unpaired) electrons. The Morgan fingerprint density at radius 3 is 2.63 bits per heavy atom. The van der Waals surface area contributed by atoms with Crippen LogP contribution in [0.2, 0.25) is 5.02 Å². The fourth-order valence-electron chi connectivity index (χ4n) is 1.44. The van der Waals surface area contributed by atoms with Gasteiger partial charge in [0.1, 0.15) is 11.6 Å². The van der Waals surface area contributed by atoms with Gasteiger partial charge in [-0.1, -0.05) is 29.8 Å². The number of aromatic hydroxyl groups is 1. The van der Waals surface area contributed by atoms with Gasteiger partial charge in [-0.25, -0.2) is 9.37 Å². The van der Waals surface area contributed by atoms with Crippen molar-refractivity contribution in [1.29, 1.82) is 0 Å². The van der Waals surface area contributed by atoms with Crippen LogP contribution in [0.4, 0.5) is 4.39 Å². The average Bonchev–Trinajstić information content (AvgIpc) is 2.37. The molecule has 1 N–H and O–H groups in total. The van der Waals surface area contributed by atoms with Crippen molar-refractivity contribution in [2.24, 2.45) is 0 Å². The Kier molecular flexibility index (Phi) is 3.92. The van der Waals surface area contributed by atoms with E-state index in [0.717, 1.165) is 0 Å². The molecule has 0 atom stereocenters. The van der Waals surface area contributed by atoms with Crippen LogP contribution in [-0.4, -0.2) is 15.9 Å². The summed E-state index contributed by atoms with van der Waals surface area (Å²) in [5.74, 6) is -1.08. The highest BCUT2D eigenvalue weighted by molar-refractivity contribution is 6.30. The van der Waals surface area contributed by atoms with Gasteiger partial charge in [-0.05, 0) is 23.8 Å². The summed E-state index contributed by atoms with van der Waals surface area (Å²) in [7, 11) is 0. The van der Waals surface area contributed by atoms with Gasteiger partial charge in [-0.3, -0.25) is 4.79 Å². The molecule has 0 aliphatic heterocycles. The Morgan fingerprint density at radius 2 is 2.00 bits per heavy atom. The van der Waals surface area contributed by atoms with Crippen LogP contribution in [0, 0.1) is 5.82 Å². The summed E-state index contributed by atoms with van der Waals surface area (Å²) in [4.78, 5) is 15.6. The number of ketones is 1. The zero-order valence-electron chi connectivity index (χ0n) is 9.68. The Balaban J connectivity index is 2.18. The van der Waals surface area contributed by atoms with E-state index < -0.39 is 5.78 Å². The van der Waals surface area contributed by atoms with E-state index in [1.54, 1.807) is 0 Å². The highest BCUT2D eigenvalue weighted by Gasteiger charge is 2.10. The van der Waals surface area contributed by atoms with Crippen LogP contribution in [0.25, 0.3) is 6.08 Å². The minimum atomic E-state index is -0.460. The van der Waals surface area contributed by atoms with E-state index in [9.17, 15) is 14.3 Å². The lowest BCUT2D eigenvalue weighted by Gasteiger charge is -1.99. The molecule has 2 rings (SSSR count). The molecule has 1 heterocycles. The third kappa shape index (κ3) is 3.39. The smallest absolute Gasteiger partial charge is 0.207 e. The Labute approximate surface area is 114 Å². The highest BCUT2D eigenvalue weighted by atomic mass is 35.5. The van der Waals surface area contributed by atoms with Crippen LogP contribution in [0.3, 0.4) is 0 Å². The first-order valence-electron chi connectivity index (χ1n) is 5.39. The SMILES string of the molecule is O=C(C=Cc1ccc(F)cc1)c1ncc(Cl)cc1O. The second-order valence-corrected chi connectivity index (χ2v) is 4.21. The van der Waals surface area contributed by atoms with E-state index in [2.05, 4.69) is 4.98 Å². The Morgan fingerprint density at radius 1 is 1.32 bits per heavy atom. The summed E-state index contributed by atoms with van der Waals surface area (Å²) >= 11 is 5.62. The molecule has 3 nitrogen and oxygen atoms in total. The first-order chi connectivity index (χ1) is 9.06. The largest absolute Gasteiger partial charge is 0.505 e. The van der Waals surface area contributed by atoms with E-state index in [-0.39, 0.29) is 22.3 Å². The van der Waals surface area contributed by atoms with Crippen molar-refractivity contribution in [2.75, 3.05) is 0 Å². The van der Waals surface area contributed by atoms with Crippen molar-refractivity contribution in [3.63, 3.8) is 0 Å². The van der Waals surface area contributed by atoms with Crippen LogP contribution < -0.4 is 0 Å². The molecule has 0 aliphatic carbocycles. The lowest BCUT2D eigenvalue weighted by Crippen LogP contribution is -1.98. The number of halogens is 2. The number of allylic oxidation sites excluding steroid dienone is 1. The first-order valence-corrected chi connectivity index (χ1v) is 5.76. The quantitative estimate of drug-likeness (QED) is 0.690. The normalized spacial score (nSPS) is 10.8. The number of aromatic nitrogens is 1. The average molecular weight is 278 g/mol. The minimum absolute atomic E-state index is 0.0808. The number of carbonyl (C=O) groups is 1. The summed E-state index contributed by atoms with van der Waals surface area (Å²) < 4.78 is 12.7. The van der Waals surface area contributed by atoms with Crippen molar-refractivity contribution in [2.45, 2.75) is 0 Å². The molecule has 0 amide bonds. The number of rotatable bonds is 3. The molecule has 5 heteroatoms. The van der Waals surface area contributed by atoms with Crippen LogP contribution in [0.1, 0.15) is 16.1 Å². The maximum atomic E-state index is 12.7. The molecule has 0 aliphatic rings. The predicted molar refractivity (Wildman–Crippen MR) is 70.7 cm³/mol. The van der Waals surface area contributed by atoms with Crippen molar-refractivity contribution in [3.05, 3.63) is 64.7 Å². The summed E-state index contributed by atoms with van der Waals surface area (Å²) in [5, 5.41) is 9.79. The fraction of sp³-hybridized carbons (Fsp3) is 0. The van der Waals surface area contributed by atoms with Gasteiger partial charge in [-0.15, -0.1) is 0 Å². The molecule has 19 heavy (non-hydrogen) atoms. The molecule has 0 spiro atoms. The number of benzene rings is 1. The third-order valence-corrected chi connectivity index (χ3v) is 2.57. The lowest BCUT2D eigenvalue weighted by molar-refractivity contribution is 0.104. The highest BCUT2D eigenvalue weighted by Crippen LogP contribution is 2.20. The molecule has 1 aromatic carbocycles. The summed E-state index contributed by atoms with van der Waals surface area (Å²) in [6.45, 7) is 0. The van der Waals surface area contributed by atoms with Crippen LogP contribution in [0.15, 0.2) is 42.6 Å². The molecule has 0 unspecified atom stereocenters. The Hall–Kier alpha value is -2.20. The van der Waals surface area contributed by atoms with Crippen molar-refractivity contribution < 1.29 is 14.3 Å². The lowest BCUT2D eigenvalue weighted by atomic mass is 10.1. The molecule has 1 aromatic heterocycles. The predicted octanol–water partition coefficient (Wildman–Crippen LogP) is 3.48. The van der Waals surface area contributed by atoms with Gasteiger partial charge in [0.05, 0.1) is 5.02 Å². The van der Waals surface area contributed by atoms with Gasteiger partial charge in [0, 0.05) is 12.3 Å².